The molecule has 0 saturated carbocycles. The van der Waals surface area contributed by atoms with Crippen molar-refractivity contribution in [3.05, 3.63) is 203 Å². The van der Waals surface area contributed by atoms with Crippen LogP contribution in [0.1, 0.15) is 43.0 Å². The van der Waals surface area contributed by atoms with Gasteiger partial charge in [-0.3, -0.25) is 9.59 Å². The molecule has 8 nitrogen and oxygen atoms in total. The molecule has 10 rings (SSSR count). The SMILES string of the molecule is N#Cc1ccc(-c2ccc3c(c2)c2cc(-c4ccc(C#N)cc4C#N)ccc2n3-c2cccc3c2C(=O)N(c2cc(-c4ccccc4)ccc2-c2ccccc2)C3=O)c(C#N)c1. The average Bonchev–Trinajstić information content (AvgIpc) is 3.80. The van der Waals surface area contributed by atoms with Crippen molar-refractivity contribution in [2.75, 3.05) is 4.90 Å². The second-order valence-electron chi connectivity index (χ2n) is 14.9. The Balaban J connectivity index is 1.20. The molecule has 8 aromatic carbocycles. The lowest BCUT2D eigenvalue weighted by Crippen LogP contribution is -2.30. The summed E-state index contributed by atoms with van der Waals surface area (Å²) in [4.78, 5) is 31.1. The normalized spacial score (nSPS) is 11.8. The molecule has 0 unspecified atom stereocenters. The molecule has 286 valence electrons. The third-order valence-electron chi connectivity index (χ3n) is 11.5. The highest BCUT2D eigenvalue weighted by molar-refractivity contribution is 6.36. The molecule has 1 aromatic heterocycles. The Labute approximate surface area is 355 Å². The molecule has 0 atom stereocenters. The van der Waals surface area contributed by atoms with Crippen LogP contribution in [0.25, 0.3) is 72.0 Å². The van der Waals surface area contributed by atoms with Gasteiger partial charge in [-0.1, -0.05) is 103 Å². The van der Waals surface area contributed by atoms with Crippen molar-refractivity contribution in [1.82, 2.24) is 4.57 Å². The fourth-order valence-electron chi connectivity index (χ4n) is 8.60. The van der Waals surface area contributed by atoms with Crippen molar-refractivity contribution in [2.45, 2.75) is 0 Å². The van der Waals surface area contributed by atoms with Gasteiger partial charge in [0, 0.05) is 16.3 Å². The highest BCUT2D eigenvalue weighted by Gasteiger charge is 2.40. The van der Waals surface area contributed by atoms with Crippen molar-refractivity contribution in [3.8, 4) is 74.5 Å². The number of nitriles is 4. The van der Waals surface area contributed by atoms with E-state index >= 15 is 4.79 Å². The van der Waals surface area contributed by atoms with Gasteiger partial charge in [-0.2, -0.15) is 21.0 Å². The van der Waals surface area contributed by atoms with Crippen molar-refractivity contribution in [3.63, 3.8) is 0 Å². The van der Waals surface area contributed by atoms with Gasteiger partial charge in [0.05, 0.1) is 80.1 Å². The highest BCUT2D eigenvalue weighted by atomic mass is 16.2. The standard InChI is InChI=1S/C54H28N6O2/c55-29-33-14-19-42(40(24-33)31-57)38-17-22-48-46(26-38)47-27-39(43-20-15-34(30-56)25-41(43)32-58)18-23-49(47)59(48)50-13-7-12-45-52(50)54(62)60(53(45)61)51-28-37(35-8-3-1-4-9-35)16-21-44(51)36-10-5-2-6-11-36/h1-28H. The number of nitrogens with zero attached hydrogens (tertiary/aromatic N) is 6. The lowest BCUT2D eigenvalue weighted by molar-refractivity contribution is 0.0926. The molecule has 2 heterocycles. The molecule has 0 aliphatic carbocycles. The number of anilines is 1. The summed E-state index contributed by atoms with van der Waals surface area (Å²) in [5.74, 6) is -0.895. The van der Waals surface area contributed by atoms with Crippen molar-refractivity contribution >= 4 is 39.3 Å². The minimum atomic E-state index is -0.460. The van der Waals surface area contributed by atoms with Crippen LogP contribution in [0.4, 0.5) is 5.69 Å². The number of hydrogen-bond acceptors (Lipinski definition) is 6. The van der Waals surface area contributed by atoms with Crippen LogP contribution >= 0.6 is 0 Å². The molecule has 0 radical (unpaired) electrons. The van der Waals surface area contributed by atoms with E-state index in [4.69, 9.17) is 0 Å². The molecule has 0 spiro atoms. The van der Waals surface area contributed by atoms with Gasteiger partial charge in [-0.15, -0.1) is 0 Å². The first-order valence-corrected chi connectivity index (χ1v) is 19.6. The minimum absolute atomic E-state index is 0.256. The molecule has 1 aliphatic rings. The maximum atomic E-state index is 15.1. The third kappa shape index (κ3) is 5.89. The van der Waals surface area contributed by atoms with Gasteiger partial charge in [0.2, 0.25) is 0 Å². The Hall–Kier alpha value is -9.34. The van der Waals surface area contributed by atoms with Gasteiger partial charge < -0.3 is 4.57 Å². The van der Waals surface area contributed by atoms with Crippen LogP contribution in [0.15, 0.2) is 170 Å². The van der Waals surface area contributed by atoms with E-state index in [2.05, 4.69) is 24.3 Å². The summed E-state index contributed by atoms with van der Waals surface area (Å²) >= 11 is 0. The Kier molecular flexibility index (Phi) is 8.82. The number of hydrogen-bond donors (Lipinski definition) is 0. The van der Waals surface area contributed by atoms with E-state index in [1.165, 1.54) is 4.90 Å². The fourth-order valence-corrected chi connectivity index (χ4v) is 8.60. The van der Waals surface area contributed by atoms with Gasteiger partial charge >= 0.3 is 0 Å². The first kappa shape index (κ1) is 37.0. The van der Waals surface area contributed by atoms with Gasteiger partial charge in [0.15, 0.2) is 0 Å². The zero-order valence-corrected chi connectivity index (χ0v) is 32.7. The quantitative estimate of drug-likeness (QED) is 0.154. The number of benzene rings is 8. The van der Waals surface area contributed by atoms with Gasteiger partial charge in [-0.25, -0.2) is 4.90 Å². The maximum Gasteiger partial charge on any atom is 0.268 e. The van der Waals surface area contributed by atoms with Gasteiger partial charge in [0.25, 0.3) is 11.8 Å². The molecule has 1 aliphatic heterocycles. The number of imide groups is 1. The first-order chi connectivity index (χ1) is 30.4. The smallest absolute Gasteiger partial charge is 0.268 e. The molecule has 9 aromatic rings. The molecule has 0 fully saturated rings. The van der Waals surface area contributed by atoms with E-state index in [1.807, 2.05) is 126 Å². The number of fused-ring (bicyclic) bond motifs is 4. The molecule has 0 saturated heterocycles. The van der Waals surface area contributed by atoms with E-state index in [1.54, 1.807) is 48.5 Å². The minimum Gasteiger partial charge on any atom is -0.308 e. The van der Waals surface area contributed by atoms with Crippen molar-refractivity contribution in [2.24, 2.45) is 0 Å². The lowest BCUT2D eigenvalue weighted by Gasteiger charge is -2.20. The summed E-state index contributed by atoms with van der Waals surface area (Å²) < 4.78 is 1.98. The Morgan fingerprint density at radius 2 is 0.903 bits per heavy atom. The van der Waals surface area contributed by atoms with Gasteiger partial charge in [-0.05, 0) is 106 Å². The van der Waals surface area contributed by atoms with Crippen LogP contribution in [-0.4, -0.2) is 16.4 Å². The zero-order chi connectivity index (χ0) is 42.5. The summed E-state index contributed by atoms with van der Waals surface area (Å²) in [5, 5.41) is 40.9. The fraction of sp³-hybridized carbons (Fsp3) is 0. The van der Waals surface area contributed by atoms with E-state index in [9.17, 15) is 25.8 Å². The van der Waals surface area contributed by atoms with Gasteiger partial charge in [0.1, 0.15) is 0 Å². The predicted octanol–water partition coefficient (Wildman–Crippen LogP) is 11.7. The zero-order valence-electron chi connectivity index (χ0n) is 32.7. The number of carbonyl (C=O) groups is 2. The molecule has 0 N–H and O–H groups in total. The van der Waals surface area contributed by atoms with Crippen LogP contribution in [0.3, 0.4) is 0 Å². The van der Waals surface area contributed by atoms with Crippen LogP contribution in [0, 0.1) is 45.3 Å². The molecular weight excluding hydrogens is 765 g/mol. The molecule has 8 heteroatoms. The lowest BCUT2D eigenvalue weighted by atomic mass is 9.95. The second kappa shape index (κ2) is 14.8. The van der Waals surface area contributed by atoms with Crippen LogP contribution in [0.2, 0.25) is 0 Å². The van der Waals surface area contributed by atoms with Crippen molar-refractivity contribution < 1.29 is 9.59 Å². The van der Waals surface area contributed by atoms with Crippen molar-refractivity contribution in [1.29, 1.82) is 21.0 Å². The molecule has 62 heavy (non-hydrogen) atoms. The summed E-state index contributed by atoms with van der Waals surface area (Å²) in [6, 6.07) is 61.0. The summed E-state index contributed by atoms with van der Waals surface area (Å²) in [6.45, 7) is 0. The van der Waals surface area contributed by atoms with Crippen LogP contribution < -0.4 is 4.90 Å². The number of carbonyl (C=O) groups excluding carboxylic acids is 2. The summed E-state index contributed by atoms with van der Waals surface area (Å²) in [6.07, 6.45) is 0. The average molecular weight is 793 g/mol. The van der Waals surface area contributed by atoms with Crippen LogP contribution in [0.5, 0.6) is 0 Å². The highest BCUT2D eigenvalue weighted by Crippen LogP contribution is 2.43. The Morgan fingerprint density at radius 3 is 1.45 bits per heavy atom. The molecular formula is C54H28N6O2. The third-order valence-corrected chi connectivity index (χ3v) is 11.5. The summed E-state index contributed by atoms with van der Waals surface area (Å²) in [5.41, 5.74) is 10.6. The monoisotopic (exact) mass is 792 g/mol. The van der Waals surface area contributed by atoms with E-state index in [0.29, 0.717) is 44.8 Å². The van der Waals surface area contributed by atoms with E-state index in [-0.39, 0.29) is 11.1 Å². The van der Waals surface area contributed by atoms with E-state index in [0.717, 1.165) is 55.2 Å². The summed E-state index contributed by atoms with van der Waals surface area (Å²) in [7, 11) is 0. The first-order valence-electron chi connectivity index (χ1n) is 19.6. The Bertz CT molecular complexity index is 3430. The van der Waals surface area contributed by atoms with Crippen LogP contribution in [-0.2, 0) is 0 Å². The van der Waals surface area contributed by atoms with E-state index < -0.39 is 11.8 Å². The number of aromatic nitrogens is 1. The predicted molar refractivity (Wildman–Crippen MR) is 239 cm³/mol. The second-order valence-corrected chi connectivity index (χ2v) is 14.9. The molecule has 2 amide bonds. The topological polar surface area (TPSA) is 137 Å². The maximum absolute atomic E-state index is 15.1. The number of amides is 2. The Morgan fingerprint density at radius 1 is 0.371 bits per heavy atom. The molecule has 0 bridgehead atoms. The largest absolute Gasteiger partial charge is 0.308 e. The number of rotatable bonds is 6.